The van der Waals surface area contributed by atoms with Crippen molar-refractivity contribution in [2.45, 2.75) is 77.6 Å². The Morgan fingerprint density at radius 2 is 1.86 bits per heavy atom. The molecule has 0 saturated carbocycles. The van der Waals surface area contributed by atoms with Crippen molar-refractivity contribution in [2.24, 2.45) is 0 Å². The highest BCUT2D eigenvalue weighted by Crippen LogP contribution is 2.25. The molecule has 7 nitrogen and oxygen atoms in total. The summed E-state index contributed by atoms with van der Waals surface area (Å²) in [5.41, 5.74) is 0.787. The van der Waals surface area contributed by atoms with Crippen molar-refractivity contribution in [3.63, 3.8) is 0 Å². The lowest BCUT2D eigenvalue weighted by Gasteiger charge is -2.34. The molecule has 2 N–H and O–H groups in total. The zero-order valence-corrected chi connectivity index (χ0v) is 23.5. The Morgan fingerprint density at radius 1 is 1.17 bits per heavy atom. The predicted octanol–water partition coefficient (Wildman–Crippen LogP) is 5.34. The molecule has 8 heteroatoms. The van der Waals surface area contributed by atoms with Crippen molar-refractivity contribution in [1.82, 2.24) is 15.5 Å². The number of nitrogens with zero attached hydrogens (tertiary/aromatic N) is 1. The molecular formula is C28H43N3O4S. The molecule has 0 saturated heterocycles. The number of alkyl carbamates (subject to hydrolysis) is 1. The van der Waals surface area contributed by atoms with Gasteiger partial charge in [0.25, 0.3) is 0 Å². The number of hydrogen-bond acceptors (Lipinski definition) is 5. The normalized spacial score (nSPS) is 13.6. The van der Waals surface area contributed by atoms with E-state index in [4.69, 9.17) is 4.74 Å². The number of amides is 3. The molecule has 1 rings (SSSR count). The minimum absolute atomic E-state index is 0.0551. The molecule has 0 spiro atoms. The number of carbonyl (C=O) groups is 3. The maximum atomic E-state index is 13.9. The minimum Gasteiger partial charge on any atom is -0.444 e. The predicted molar refractivity (Wildman–Crippen MR) is 150 cm³/mol. The minimum atomic E-state index is -0.910. The van der Waals surface area contributed by atoms with Crippen LogP contribution in [0, 0.1) is 0 Å². The van der Waals surface area contributed by atoms with E-state index < -0.39 is 23.8 Å². The average Bonchev–Trinajstić information content (AvgIpc) is 2.80. The SMILES string of the molecule is C=CCN(C(=O)C(CCSC)NC(=O)OC(C)(C)C)C(C(=O)NC(C)CCC)c1cccc(C=C)c1. The maximum absolute atomic E-state index is 13.9. The second-order valence-corrected chi connectivity index (χ2v) is 10.7. The number of carbonyl (C=O) groups excluding carboxylic acids is 3. The van der Waals surface area contributed by atoms with E-state index in [-0.39, 0.29) is 24.4 Å². The van der Waals surface area contributed by atoms with Gasteiger partial charge in [0, 0.05) is 12.6 Å². The molecule has 3 atom stereocenters. The molecular weight excluding hydrogens is 474 g/mol. The van der Waals surface area contributed by atoms with Crippen LogP contribution in [0.1, 0.15) is 71.0 Å². The number of benzene rings is 1. The van der Waals surface area contributed by atoms with E-state index >= 15 is 0 Å². The summed E-state index contributed by atoms with van der Waals surface area (Å²) in [6.45, 7) is 17.1. The molecule has 0 aliphatic heterocycles. The fourth-order valence-electron chi connectivity index (χ4n) is 3.76. The molecule has 200 valence electrons. The Bertz CT molecular complexity index is 897. The van der Waals surface area contributed by atoms with Crippen LogP contribution < -0.4 is 10.6 Å². The first-order valence-corrected chi connectivity index (χ1v) is 13.8. The lowest BCUT2D eigenvalue weighted by Crippen LogP contribution is -2.53. The van der Waals surface area contributed by atoms with E-state index in [0.29, 0.717) is 17.7 Å². The summed E-state index contributed by atoms with van der Waals surface area (Å²) in [5.74, 6) is -0.0137. The summed E-state index contributed by atoms with van der Waals surface area (Å²) in [5, 5.41) is 5.78. The fraction of sp³-hybridized carbons (Fsp3) is 0.536. The number of rotatable bonds is 14. The van der Waals surface area contributed by atoms with Crippen LogP contribution >= 0.6 is 11.8 Å². The number of hydrogen-bond donors (Lipinski definition) is 2. The van der Waals surface area contributed by atoms with Crippen LogP contribution in [-0.4, -0.2) is 59.0 Å². The van der Waals surface area contributed by atoms with E-state index in [1.165, 1.54) is 4.90 Å². The quantitative estimate of drug-likeness (QED) is 0.326. The van der Waals surface area contributed by atoms with Gasteiger partial charge in [0.1, 0.15) is 17.7 Å². The van der Waals surface area contributed by atoms with Crippen LogP contribution in [0.15, 0.2) is 43.5 Å². The van der Waals surface area contributed by atoms with Gasteiger partial charge in [-0.2, -0.15) is 11.8 Å². The Hall–Kier alpha value is -2.74. The second-order valence-electron chi connectivity index (χ2n) is 9.73. The van der Waals surface area contributed by atoms with Gasteiger partial charge in [-0.15, -0.1) is 6.58 Å². The number of nitrogens with one attached hydrogen (secondary N) is 2. The van der Waals surface area contributed by atoms with Crippen molar-refractivity contribution in [2.75, 3.05) is 18.6 Å². The van der Waals surface area contributed by atoms with E-state index in [0.717, 1.165) is 18.4 Å². The summed E-state index contributed by atoms with van der Waals surface area (Å²) in [4.78, 5) is 41.6. The molecule has 3 amide bonds. The fourth-order valence-corrected chi connectivity index (χ4v) is 4.23. The van der Waals surface area contributed by atoms with Gasteiger partial charge in [0.2, 0.25) is 11.8 Å². The zero-order chi connectivity index (χ0) is 27.3. The standard InChI is InChI=1S/C28H43N3O4S/c1-9-13-20(4)29-25(32)24(22-15-12-14-21(11-3)19-22)31(17-10-2)26(33)23(16-18-36-8)30-27(34)35-28(5,6)7/h10-12,14-15,19-20,23-24H,2-3,9,13,16-18H2,1,4-8H3,(H,29,32)(H,30,34). The van der Waals surface area contributed by atoms with Crippen LogP contribution in [0.3, 0.4) is 0 Å². The van der Waals surface area contributed by atoms with Gasteiger partial charge < -0.3 is 20.3 Å². The Morgan fingerprint density at radius 3 is 2.42 bits per heavy atom. The van der Waals surface area contributed by atoms with Crippen LogP contribution in [0.2, 0.25) is 0 Å². The van der Waals surface area contributed by atoms with Crippen LogP contribution in [0.4, 0.5) is 4.79 Å². The van der Waals surface area contributed by atoms with Crippen molar-refractivity contribution < 1.29 is 19.1 Å². The average molecular weight is 518 g/mol. The van der Waals surface area contributed by atoms with Crippen LogP contribution in [0.5, 0.6) is 0 Å². The summed E-state index contributed by atoms with van der Waals surface area (Å²) < 4.78 is 5.40. The summed E-state index contributed by atoms with van der Waals surface area (Å²) in [6, 6.07) is 5.57. The van der Waals surface area contributed by atoms with Gasteiger partial charge in [-0.05, 0) is 69.7 Å². The Kier molecular flexibility index (Phi) is 13.4. The topological polar surface area (TPSA) is 87.7 Å². The second kappa shape index (κ2) is 15.4. The van der Waals surface area contributed by atoms with E-state index in [1.807, 2.05) is 37.4 Å². The van der Waals surface area contributed by atoms with Crippen molar-refractivity contribution in [1.29, 1.82) is 0 Å². The maximum Gasteiger partial charge on any atom is 0.408 e. The number of ether oxygens (including phenoxy) is 1. The van der Waals surface area contributed by atoms with Gasteiger partial charge in [-0.25, -0.2) is 4.79 Å². The van der Waals surface area contributed by atoms with Crippen molar-refractivity contribution in [3.8, 4) is 0 Å². The first-order valence-electron chi connectivity index (χ1n) is 12.4. The highest BCUT2D eigenvalue weighted by Gasteiger charge is 2.36. The molecule has 1 aromatic rings. The molecule has 0 fully saturated rings. The largest absolute Gasteiger partial charge is 0.444 e. The Balaban J connectivity index is 3.46. The molecule has 36 heavy (non-hydrogen) atoms. The summed E-state index contributed by atoms with van der Waals surface area (Å²) in [6.07, 6.45) is 6.67. The van der Waals surface area contributed by atoms with E-state index in [1.54, 1.807) is 44.7 Å². The third-order valence-corrected chi connectivity index (χ3v) is 5.99. The van der Waals surface area contributed by atoms with E-state index in [9.17, 15) is 14.4 Å². The molecule has 0 radical (unpaired) electrons. The van der Waals surface area contributed by atoms with E-state index in [2.05, 4.69) is 30.7 Å². The zero-order valence-electron chi connectivity index (χ0n) is 22.6. The van der Waals surface area contributed by atoms with Gasteiger partial charge in [0.15, 0.2) is 0 Å². The lowest BCUT2D eigenvalue weighted by molar-refractivity contribution is -0.142. The highest BCUT2D eigenvalue weighted by molar-refractivity contribution is 7.98. The van der Waals surface area contributed by atoms with Gasteiger partial charge >= 0.3 is 6.09 Å². The summed E-state index contributed by atoms with van der Waals surface area (Å²) >= 11 is 1.57. The highest BCUT2D eigenvalue weighted by atomic mass is 32.2. The molecule has 0 aliphatic carbocycles. The van der Waals surface area contributed by atoms with Crippen molar-refractivity contribution >= 4 is 35.7 Å². The molecule has 0 bridgehead atoms. The van der Waals surface area contributed by atoms with Gasteiger partial charge in [-0.3, -0.25) is 9.59 Å². The van der Waals surface area contributed by atoms with Gasteiger partial charge in [0.05, 0.1) is 0 Å². The first-order chi connectivity index (χ1) is 17.0. The molecule has 0 aromatic heterocycles. The molecule has 0 heterocycles. The third kappa shape index (κ3) is 10.5. The monoisotopic (exact) mass is 517 g/mol. The Labute approximate surface area is 221 Å². The molecule has 1 aromatic carbocycles. The molecule has 0 aliphatic rings. The summed E-state index contributed by atoms with van der Waals surface area (Å²) in [7, 11) is 0. The molecule has 3 unspecified atom stereocenters. The third-order valence-electron chi connectivity index (χ3n) is 5.34. The lowest BCUT2D eigenvalue weighted by atomic mass is 9.99. The van der Waals surface area contributed by atoms with Crippen molar-refractivity contribution in [3.05, 3.63) is 54.6 Å². The van der Waals surface area contributed by atoms with Crippen LogP contribution in [-0.2, 0) is 14.3 Å². The van der Waals surface area contributed by atoms with Gasteiger partial charge in [-0.1, -0.05) is 50.3 Å². The smallest absolute Gasteiger partial charge is 0.408 e. The van der Waals surface area contributed by atoms with Crippen LogP contribution in [0.25, 0.3) is 6.08 Å². The number of thioether (sulfide) groups is 1. The first kappa shape index (κ1) is 31.3.